The predicted molar refractivity (Wildman–Crippen MR) is 111 cm³/mol. The summed E-state index contributed by atoms with van der Waals surface area (Å²) in [6, 6.07) is 0.459. The summed E-state index contributed by atoms with van der Waals surface area (Å²) in [4.78, 5) is 41.5. The first kappa shape index (κ1) is 23.6. The number of carbonyl (C=O) groups excluding carboxylic acids is 2. The third-order valence-corrected chi connectivity index (χ3v) is 5.70. The van der Waals surface area contributed by atoms with E-state index in [0.717, 1.165) is 52.1 Å². The fourth-order valence-electron chi connectivity index (χ4n) is 3.91. The van der Waals surface area contributed by atoms with Crippen LogP contribution >= 0.6 is 0 Å². The molecule has 0 spiro atoms. The van der Waals surface area contributed by atoms with Gasteiger partial charge in [-0.1, -0.05) is 0 Å². The van der Waals surface area contributed by atoms with Crippen molar-refractivity contribution in [2.24, 2.45) is 0 Å². The van der Waals surface area contributed by atoms with E-state index < -0.39 is 5.97 Å². The van der Waals surface area contributed by atoms with Gasteiger partial charge >= 0.3 is 5.97 Å². The average molecular weight is 425 g/mol. The summed E-state index contributed by atoms with van der Waals surface area (Å²) in [5.41, 5.74) is 0. The lowest BCUT2D eigenvalue weighted by Crippen LogP contribution is -2.50. The second kappa shape index (κ2) is 12.8. The zero-order chi connectivity index (χ0) is 21.1. The normalized spacial score (nSPS) is 21.2. The van der Waals surface area contributed by atoms with Crippen molar-refractivity contribution in [3.05, 3.63) is 0 Å². The summed E-state index contributed by atoms with van der Waals surface area (Å²) in [7, 11) is 2.16. The van der Waals surface area contributed by atoms with Gasteiger partial charge in [-0.05, 0) is 39.3 Å². The Morgan fingerprint density at radius 3 is 2.28 bits per heavy atom. The minimum absolute atomic E-state index is 0.0251. The van der Waals surface area contributed by atoms with Crippen molar-refractivity contribution in [2.45, 2.75) is 44.6 Å². The molecule has 29 heavy (non-hydrogen) atoms. The lowest BCUT2D eigenvalue weighted by molar-refractivity contribution is -0.137. The molecule has 0 saturated carbocycles. The molecule has 3 N–H and O–H groups in total. The second-order valence-corrected chi connectivity index (χ2v) is 8.17. The zero-order valence-electron chi connectivity index (χ0n) is 17.7. The Balaban J connectivity index is 1.55. The van der Waals surface area contributed by atoms with Crippen LogP contribution in [0.2, 0.25) is 0 Å². The van der Waals surface area contributed by atoms with Gasteiger partial charge in [0.05, 0.1) is 6.54 Å². The van der Waals surface area contributed by atoms with Gasteiger partial charge in [-0.15, -0.1) is 0 Å². The summed E-state index contributed by atoms with van der Waals surface area (Å²) in [6.45, 7) is 7.74. The smallest absolute Gasteiger partial charge is 0.303 e. The highest BCUT2D eigenvalue weighted by Crippen LogP contribution is 2.18. The maximum atomic E-state index is 12.3. The largest absolute Gasteiger partial charge is 0.481 e. The molecule has 0 radical (unpaired) electrons. The van der Waals surface area contributed by atoms with Crippen LogP contribution in [0.3, 0.4) is 0 Å². The zero-order valence-corrected chi connectivity index (χ0v) is 17.7. The number of aliphatic carboxylic acids is 1. The summed E-state index contributed by atoms with van der Waals surface area (Å²) in [6.07, 6.45) is 3.71. The van der Waals surface area contributed by atoms with Crippen molar-refractivity contribution < 1.29 is 19.5 Å². The van der Waals surface area contributed by atoms with Crippen LogP contribution in [0.1, 0.15) is 38.5 Å². The predicted octanol–water partition coefficient (Wildman–Crippen LogP) is -0.424. The molecule has 2 aliphatic heterocycles. The lowest BCUT2D eigenvalue weighted by atomic mass is 10.3. The van der Waals surface area contributed by atoms with Gasteiger partial charge in [0.2, 0.25) is 11.8 Å². The summed E-state index contributed by atoms with van der Waals surface area (Å²) >= 11 is 0. The van der Waals surface area contributed by atoms with Gasteiger partial charge in [0, 0.05) is 64.7 Å². The quantitative estimate of drug-likeness (QED) is 0.222. The van der Waals surface area contributed by atoms with Crippen molar-refractivity contribution in [3.8, 4) is 0 Å². The average Bonchev–Trinajstić information content (AvgIpc) is 3.10. The molecule has 2 saturated heterocycles. The Morgan fingerprint density at radius 1 is 0.931 bits per heavy atom. The Kier molecular flexibility index (Phi) is 10.4. The van der Waals surface area contributed by atoms with Crippen molar-refractivity contribution in [1.29, 1.82) is 0 Å². The number of carbonyl (C=O) groups is 3. The Bertz CT molecular complexity index is 537. The van der Waals surface area contributed by atoms with Gasteiger partial charge in [-0.3, -0.25) is 24.2 Å². The fourth-order valence-corrected chi connectivity index (χ4v) is 3.91. The number of piperazine rings is 1. The molecule has 0 aliphatic carbocycles. The van der Waals surface area contributed by atoms with Gasteiger partial charge in [0.1, 0.15) is 0 Å². The highest BCUT2D eigenvalue weighted by molar-refractivity contribution is 5.78. The Morgan fingerprint density at radius 2 is 1.59 bits per heavy atom. The number of likely N-dealkylation sites (N-methyl/N-ethyl adjacent to an activating group) is 1. The Hall–Kier alpha value is -1.71. The topological polar surface area (TPSA) is 105 Å². The maximum absolute atomic E-state index is 12.3. The summed E-state index contributed by atoms with van der Waals surface area (Å²) < 4.78 is 0. The molecule has 166 valence electrons. The van der Waals surface area contributed by atoms with E-state index in [-0.39, 0.29) is 18.2 Å². The van der Waals surface area contributed by atoms with Crippen molar-refractivity contribution >= 4 is 17.8 Å². The lowest BCUT2D eigenvalue weighted by Gasteiger charge is -2.36. The van der Waals surface area contributed by atoms with Gasteiger partial charge in [0.25, 0.3) is 0 Å². The SMILES string of the molecule is C[15N]1CCN([13CH2][13CH]2[13CH2][13CH2][13CH2][15N]2[13CH2]C(=O)[15NH]C[13CH2][13CH2][13C](=O)NCCCC(=O)O)[13CH2][13CH2]1. The van der Waals surface area contributed by atoms with E-state index >= 15 is 0 Å². The van der Waals surface area contributed by atoms with Crippen molar-refractivity contribution in [2.75, 3.05) is 66.0 Å². The maximum Gasteiger partial charge on any atom is 0.303 e. The number of hydrogen-bond donors (Lipinski definition) is 3. The third kappa shape index (κ3) is 9.56. The number of rotatable bonds is 12. The van der Waals surface area contributed by atoms with E-state index in [4.69, 9.17) is 5.11 Å². The van der Waals surface area contributed by atoms with Crippen molar-refractivity contribution in [1.82, 2.24) is 25.3 Å². The third-order valence-electron chi connectivity index (χ3n) is 5.70. The Labute approximate surface area is 173 Å². The summed E-state index contributed by atoms with van der Waals surface area (Å²) in [5.74, 6) is -0.931. The number of nitrogens with zero attached hydrogens (tertiary/aromatic N) is 3. The fraction of sp³-hybridized carbons (Fsp3) is 0.850. The van der Waals surface area contributed by atoms with E-state index in [9.17, 15) is 14.4 Å². The van der Waals surface area contributed by atoms with Gasteiger partial charge < -0.3 is 20.6 Å². The van der Waals surface area contributed by atoms with Crippen LogP contribution in [-0.4, -0.2) is 110 Å². The molecule has 9 heteroatoms. The van der Waals surface area contributed by atoms with Gasteiger partial charge in [-0.2, -0.15) is 0 Å². The molecule has 2 heterocycles. The molecule has 9 nitrogen and oxygen atoms in total. The standard InChI is InChI=1S/C20H37N5O4/c1-23-11-13-24(14-12-23)15-17-5-4-10-25(17)16-19(27)22-8-2-6-18(26)21-9-3-7-20(28)29/h17H,2-16H2,1H3,(H,21,26)(H,22,27)(H,28,29)/i2+1,4+1,5+1,6+1,10+1,11+1,13+1,15+1,16+1,17+1,18+1,22+1,23+1,25+1. The molecule has 0 bridgehead atoms. The summed E-state index contributed by atoms with van der Waals surface area (Å²) in [5, 5.41) is 14.2. The van der Waals surface area contributed by atoms with Crippen LogP contribution in [0.5, 0.6) is 0 Å². The van der Waals surface area contributed by atoms with Crippen LogP contribution in [-0.2, 0) is 14.4 Å². The minimum Gasteiger partial charge on any atom is -0.481 e. The molecule has 1 atom stereocenters. The first-order chi connectivity index (χ1) is 13.9. The van der Waals surface area contributed by atoms with Crippen LogP contribution in [0, 0.1) is 0 Å². The van der Waals surface area contributed by atoms with Gasteiger partial charge in [0.15, 0.2) is 0 Å². The molecule has 0 aromatic carbocycles. The van der Waals surface area contributed by atoms with Crippen LogP contribution in [0.15, 0.2) is 0 Å². The number of amides is 2. The number of carboxylic acids is 1. The molecule has 2 amide bonds. The van der Waals surface area contributed by atoms with E-state index in [2.05, 4.69) is 32.4 Å². The number of likely N-dealkylation sites (tertiary alicyclic amines) is 1. The van der Waals surface area contributed by atoms with E-state index in [1.54, 1.807) is 0 Å². The van der Waals surface area contributed by atoms with E-state index in [1.807, 2.05) is 0 Å². The van der Waals surface area contributed by atoms with Crippen LogP contribution in [0.4, 0.5) is 0 Å². The van der Waals surface area contributed by atoms with Crippen molar-refractivity contribution in [3.63, 3.8) is 0 Å². The molecule has 1 unspecified atom stereocenters. The number of hydrogen-bond acceptors (Lipinski definition) is 6. The molecule has 2 aliphatic rings. The highest BCUT2D eigenvalue weighted by Gasteiger charge is 2.28. The molecule has 0 aromatic rings. The van der Waals surface area contributed by atoms with E-state index in [0.29, 0.717) is 44.9 Å². The molecule has 0 aromatic heterocycles. The number of nitrogens with one attached hydrogen (secondary N) is 2. The molecule has 2 fully saturated rings. The minimum atomic E-state index is -0.856. The molecular weight excluding hydrogens is 388 g/mol. The first-order valence-electron chi connectivity index (χ1n) is 10.8. The molecule has 2 rings (SSSR count). The number of carboxylic acid groups (broad SMARTS) is 1. The first-order valence-corrected chi connectivity index (χ1v) is 10.8. The monoisotopic (exact) mass is 425 g/mol. The van der Waals surface area contributed by atoms with E-state index in [1.165, 1.54) is 0 Å². The van der Waals surface area contributed by atoms with Crippen LogP contribution in [0.25, 0.3) is 0 Å². The van der Waals surface area contributed by atoms with Gasteiger partial charge in [-0.25, -0.2) is 0 Å². The second-order valence-electron chi connectivity index (χ2n) is 8.17. The molecular formula is C20H37N5O4. The highest BCUT2D eigenvalue weighted by atomic mass is 16.4. The van der Waals surface area contributed by atoms with Crippen LogP contribution < -0.4 is 10.6 Å².